The molecule has 0 spiro atoms. The molecule has 9 heteroatoms. The van der Waals surface area contributed by atoms with Crippen LogP contribution >= 0.6 is 27.5 Å². The lowest BCUT2D eigenvalue weighted by Crippen LogP contribution is -2.02. The molecule has 3 N–H and O–H groups in total. The van der Waals surface area contributed by atoms with Gasteiger partial charge in [-0.2, -0.15) is 0 Å². The third-order valence-corrected chi connectivity index (χ3v) is 3.28. The summed E-state index contributed by atoms with van der Waals surface area (Å²) >= 11 is 9.06. The van der Waals surface area contributed by atoms with Gasteiger partial charge in [-0.15, -0.1) is 0 Å². The van der Waals surface area contributed by atoms with E-state index in [9.17, 15) is 14.5 Å². The summed E-state index contributed by atoms with van der Waals surface area (Å²) in [7, 11) is 0. The summed E-state index contributed by atoms with van der Waals surface area (Å²) < 4.78 is 13.5. The molecule has 0 aliphatic heterocycles. The highest BCUT2D eigenvalue weighted by atomic mass is 79.9. The third kappa shape index (κ3) is 2.97. The smallest absolute Gasteiger partial charge is 0.311 e. The first-order valence-electron chi connectivity index (χ1n) is 5.21. The van der Waals surface area contributed by atoms with Crippen LogP contribution in [0.5, 0.6) is 0 Å². The molecule has 0 saturated carbocycles. The van der Waals surface area contributed by atoms with Crippen molar-refractivity contribution in [1.29, 1.82) is 0 Å². The van der Waals surface area contributed by atoms with Crippen molar-refractivity contribution < 1.29 is 9.31 Å². The van der Waals surface area contributed by atoms with Gasteiger partial charge in [-0.25, -0.2) is 9.37 Å². The van der Waals surface area contributed by atoms with E-state index < -0.39 is 10.7 Å². The maximum Gasteiger partial charge on any atom is 0.311 e. The molecule has 1 heterocycles. The molecule has 0 aliphatic rings. The topological polar surface area (TPSA) is 94.1 Å². The van der Waals surface area contributed by atoms with E-state index in [4.69, 9.17) is 17.3 Å². The van der Waals surface area contributed by atoms with Crippen LogP contribution in [-0.2, 0) is 0 Å². The van der Waals surface area contributed by atoms with Gasteiger partial charge in [0.15, 0.2) is 0 Å². The highest BCUT2D eigenvalue weighted by molar-refractivity contribution is 9.10. The van der Waals surface area contributed by atoms with Crippen LogP contribution in [0.1, 0.15) is 0 Å². The molecule has 1 aromatic carbocycles. The van der Waals surface area contributed by atoms with Crippen molar-refractivity contribution in [3.63, 3.8) is 0 Å². The maximum absolute atomic E-state index is 13.1. The number of rotatable bonds is 3. The van der Waals surface area contributed by atoms with E-state index >= 15 is 0 Å². The highest BCUT2D eigenvalue weighted by Gasteiger charge is 2.14. The van der Waals surface area contributed by atoms with Gasteiger partial charge in [0.1, 0.15) is 11.6 Å². The first-order chi connectivity index (χ1) is 9.38. The van der Waals surface area contributed by atoms with Gasteiger partial charge < -0.3 is 11.1 Å². The summed E-state index contributed by atoms with van der Waals surface area (Å²) in [5.41, 5.74) is 5.57. The first-order valence-corrected chi connectivity index (χ1v) is 6.38. The van der Waals surface area contributed by atoms with Crippen molar-refractivity contribution in [3.8, 4) is 0 Å². The standard InChI is InChI=1S/C11H7BrClFN4O2/c12-6-3-5(14)4-7(13)10(6)16-9-2-1-8(18(19)20)11(15)17-9/h1-4H,(H3,15,16,17). The molecular weight excluding hydrogens is 355 g/mol. The van der Waals surface area contributed by atoms with E-state index in [0.29, 0.717) is 10.2 Å². The lowest BCUT2D eigenvalue weighted by Gasteiger charge is -2.10. The van der Waals surface area contributed by atoms with Gasteiger partial charge in [0, 0.05) is 10.5 Å². The number of hydrogen-bond acceptors (Lipinski definition) is 5. The molecule has 0 bridgehead atoms. The lowest BCUT2D eigenvalue weighted by atomic mass is 10.3. The number of halogens is 3. The Bertz CT molecular complexity index is 675. The fourth-order valence-corrected chi connectivity index (χ4v) is 2.38. The molecule has 2 aromatic rings. The Morgan fingerprint density at radius 3 is 2.70 bits per heavy atom. The van der Waals surface area contributed by atoms with Crippen molar-refractivity contribution in [2.75, 3.05) is 11.1 Å². The Labute approximate surface area is 126 Å². The van der Waals surface area contributed by atoms with E-state index in [1.807, 2.05) is 0 Å². The Hall–Kier alpha value is -1.93. The highest BCUT2D eigenvalue weighted by Crippen LogP contribution is 2.34. The van der Waals surface area contributed by atoms with Crippen LogP contribution in [0.4, 0.5) is 27.4 Å². The van der Waals surface area contributed by atoms with Crippen LogP contribution in [0.15, 0.2) is 28.7 Å². The van der Waals surface area contributed by atoms with E-state index in [0.717, 1.165) is 6.07 Å². The van der Waals surface area contributed by atoms with Gasteiger partial charge in [0.2, 0.25) is 5.82 Å². The monoisotopic (exact) mass is 360 g/mol. The fourth-order valence-electron chi connectivity index (χ4n) is 1.48. The van der Waals surface area contributed by atoms with Crippen LogP contribution in [-0.4, -0.2) is 9.91 Å². The molecule has 6 nitrogen and oxygen atoms in total. The zero-order chi connectivity index (χ0) is 14.9. The van der Waals surface area contributed by atoms with E-state index in [1.165, 1.54) is 18.2 Å². The molecule has 0 fully saturated rings. The van der Waals surface area contributed by atoms with E-state index in [-0.39, 0.29) is 22.3 Å². The van der Waals surface area contributed by atoms with Crippen LogP contribution in [0, 0.1) is 15.9 Å². The van der Waals surface area contributed by atoms with Crippen molar-refractivity contribution in [2.24, 2.45) is 0 Å². The number of nitrogen functional groups attached to an aromatic ring is 1. The Morgan fingerprint density at radius 2 is 2.15 bits per heavy atom. The summed E-state index contributed by atoms with van der Waals surface area (Å²) in [6.45, 7) is 0. The van der Waals surface area contributed by atoms with Gasteiger partial charge in [0.05, 0.1) is 15.6 Å². The zero-order valence-electron chi connectivity index (χ0n) is 9.73. The molecule has 1 aromatic heterocycles. The van der Waals surface area contributed by atoms with Crippen molar-refractivity contribution in [1.82, 2.24) is 4.98 Å². The Kier molecular flexibility index (Phi) is 4.05. The van der Waals surface area contributed by atoms with Gasteiger partial charge in [-0.3, -0.25) is 10.1 Å². The van der Waals surface area contributed by atoms with E-state index in [1.54, 1.807) is 0 Å². The summed E-state index contributed by atoms with van der Waals surface area (Å²) in [5.74, 6) is -0.472. The van der Waals surface area contributed by atoms with Crippen LogP contribution in [0.25, 0.3) is 0 Å². The second kappa shape index (κ2) is 5.59. The second-order valence-corrected chi connectivity index (χ2v) is 4.99. The average Bonchev–Trinajstić information content (AvgIpc) is 2.33. The normalized spacial score (nSPS) is 10.3. The second-order valence-electron chi connectivity index (χ2n) is 3.73. The minimum atomic E-state index is -0.632. The number of nitrogens with two attached hydrogens (primary N) is 1. The van der Waals surface area contributed by atoms with Crippen LogP contribution in [0.2, 0.25) is 5.02 Å². The number of aromatic nitrogens is 1. The SMILES string of the molecule is Nc1nc(Nc2c(Cl)cc(F)cc2Br)ccc1[N+](=O)[O-]. The number of hydrogen-bond donors (Lipinski definition) is 2. The fraction of sp³-hybridized carbons (Fsp3) is 0. The summed E-state index contributed by atoms with van der Waals surface area (Å²) in [6.07, 6.45) is 0. The molecule has 20 heavy (non-hydrogen) atoms. The summed E-state index contributed by atoms with van der Waals surface area (Å²) in [5, 5.41) is 13.6. The summed E-state index contributed by atoms with van der Waals surface area (Å²) in [4.78, 5) is 13.8. The summed E-state index contributed by atoms with van der Waals surface area (Å²) in [6, 6.07) is 4.95. The number of nitrogens with one attached hydrogen (secondary N) is 1. The molecule has 0 amide bonds. The van der Waals surface area contributed by atoms with Crippen molar-refractivity contribution >= 4 is 50.5 Å². The number of nitro groups is 1. The molecule has 0 saturated heterocycles. The zero-order valence-corrected chi connectivity index (χ0v) is 12.1. The quantitative estimate of drug-likeness (QED) is 0.639. The average molecular weight is 362 g/mol. The van der Waals surface area contributed by atoms with Gasteiger partial charge in [-0.05, 0) is 34.1 Å². The minimum Gasteiger partial charge on any atom is -0.378 e. The van der Waals surface area contributed by atoms with Gasteiger partial charge >= 0.3 is 5.69 Å². The van der Waals surface area contributed by atoms with Gasteiger partial charge in [-0.1, -0.05) is 11.6 Å². The number of pyridine rings is 1. The number of anilines is 3. The van der Waals surface area contributed by atoms with Crippen LogP contribution in [0.3, 0.4) is 0 Å². The van der Waals surface area contributed by atoms with Crippen molar-refractivity contribution in [3.05, 3.63) is 49.7 Å². The lowest BCUT2D eigenvalue weighted by molar-refractivity contribution is -0.384. The molecule has 2 rings (SSSR count). The maximum atomic E-state index is 13.1. The molecule has 0 atom stereocenters. The first kappa shape index (κ1) is 14.5. The minimum absolute atomic E-state index is 0.135. The van der Waals surface area contributed by atoms with Crippen LogP contribution < -0.4 is 11.1 Å². The number of nitrogens with zero attached hydrogens (tertiary/aromatic N) is 2. The Balaban J connectivity index is 2.36. The largest absolute Gasteiger partial charge is 0.378 e. The predicted octanol–water partition coefficient (Wildman–Crippen LogP) is 3.87. The molecule has 0 aliphatic carbocycles. The molecule has 0 radical (unpaired) electrons. The molecule has 104 valence electrons. The molecular formula is C11H7BrClFN4O2. The number of benzene rings is 1. The van der Waals surface area contributed by atoms with Gasteiger partial charge in [0.25, 0.3) is 0 Å². The Morgan fingerprint density at radius 1 is 1.45 bits per heavy atom. The third-order valence-electron chi connectivity index (χ3n) is 2.36. The van der Waals surface area contributed by atoms with Crippen molar-refractivity contribution in [2.45, 2.75) is 0 Å². The molecule has 0 unspecified atom stereocenters. The predicted molar refractivity (Wildman–Crippen MR) is 77.7 cm³/mol. The van der Waals surface area contributed by atoms with E-state index in [2.05, 4.69) is 26.2 Å².